The molecule has 0 aromatic rings. The molecule has 0 radical (unpaired) electrons. The molecule has 0 amide bonds. The highest BCUT2D eigenvalue weighted by molar-refractivity contribution is 7.80. The van der Waals surface area contributed by atoms with Gasteiger partial charge in [0.2, 0.25) is 0 Å². The molecule has 0 atom stereocenters. The first-order valence-corrected chi connectivity index (χ1v) is 8.96. The largest absolute Gasteiger partial charge is 0.394 e. The molecule has 118 valence electrons. The Morgan fingerprint density at radius 1 is 0.895 bits per heavy atom. The van der Waals surface area contributed by atoms with E-state index in [1.54, 1.807) is 0 Å². The van der Waals surface area contributed by atoms with Crippen molar-refractivity contribution in [2.45, 2.75) is 58.3 Å². The summed E-state index contributed by atoms with van der Waals surface area (Å²) in [5.41, 5.74) is 0. The molecule has 0 spiro atoms. The minimum Gasteiger partial charge on any atom is -0.316 e. The average molecular weight is 316 g/mol. The van der Waals surface area contributed by atoms with Gasteiger partial charge >= 0.3 is 10.4 Å². The van der Waals surface area contributed by atoms with Gasteiger partial charge in [-0.15, -0.1) is 0 Å². The molecule has 0 aliphatic heterocycles. The molecule has 0 aliphatic rings. The van der Waals surface area contributed by atoms with Crippen LogP contribution in [0.5, 0.6) is 0 Å². The van der Waals surface area contributed by atoms with E-state index in [9.17, 15) is 0 Å². The Labute approximate surface area is 123 Å². The van der Waals surface area contributed by atoms with Crippen LogP contribution in [-0.4, -0.2) is 36.4 Å². The molecule has 7 heteroatoms. The maximum absolute atomic E-state index is 8.74. The fraction of sp³-hybridized carbons (Fsp3) is 1.00. The van der Waals surface area contributed by atoms with Crippen LogP contribution < -0.4 is 5.32 Å². The van der Waals surface area contributed by atoms with Crippen LogP contribution in [0, 0.1) is 0 Å². The molecule has 0 aromatic carbocycles. The zero-order chi connectivity index (χ0) is 15.0. The molecule has 0 aliphatic carbocycles. The van der Waals surface area contributed by atoms with Crippen molar-refractivity contribution in [1.82, 2.24) is 5.32 Å². The summed E-state index contributed by atoms with van der Waals surface area (Å²) in [5.74, 6) is 0.955. The summed E-state index contributed by atoms with van der Waals surface area (Å²) in [6, 6.07) is 0. The van der Waals surface area contributed by atoms with Crippen LogP contribution in [0.15, 0.2) is 0 Å². The number of hydrogen-bond acceptors (Lipinski definition) is 4. The third-order valence-corrected chi connectivity index (χ3v) is 2.72. The van der Waals surface area contributed by atoms with Gasteiger partial charge in [0.05, 0.1) is 0 Å². The van der Waals surface area contributed by atoms with Crippen molar-refractivity contribution in [3.05, 3.63) is 0 Å². The summed E-state index contributed by atoms with van der Waals surface area (Å²) in [4.78, 5) is 0. The van der Waals surface area contributed by atoms with Crippen LogP contribution >= 0.6 is 12.6 Å². The van der Waals surface area contributed by atoms with Crippen LogP contribution in [0.4, 0.5) is 0 Å². The molecular formula is C12H29NO4S2. The quantitative estimate of drug-likeness (QED) is 0.267. The molecular weight excluding hydrogens is 286 g/mol. The van der Waals surface area contributed by atoms with Gasteiger partial charge in [-0.1, -0.05) is 51.9 Å². The summed E-state index contributed by atoms with van der Waals surface area (Å²) in [7, 11) is -4.67. The third-order valence-electron chi connectivity index (χ3n) is 2.50. The smallest absolute Gasteiger partial charge is 0.316 e. The Balaban J connectivity index is 0. The molecule has 19 heavy (non-hydrogen) atoms. The summed E-state index contributed by atoms with van der Waals surface area (Å²) < 4.78 is 31.6. The fourth-order valence-corrected chi connectivity index (χ4v) is 1.75. The minimum atomic E-state index is -4.67. The van der Waals surface area contributed by atoms with E-state index in [0.717, 1.165) is 12.3 Å². The fourth-order valence-electron chi connectivity index (χ4n) is 1.59. The first-order valence-electron chi connectivity index (χ1n) is 6.93. The third kappa shape index (κ3) is 38.1. The number of nitrogens with one attached hydrogen (secondary N) is 1. The van der Waals surface area contributed by atoms with Gasteiger partial charge in [0, 0.05) is 12.3 Å². The Bertz CT molecular complexity index is 238. The lowest BCUT2D eigenvalue weighted by molar-refractivity contribution is 0.381. The van der Waals surface area contributed by atoms with E-state index in [0.29, 0.717) is 0 Å². The van der Waals surface area contributed by atoms with Crippen molar-refractivity contribution < 1.29 is 17.5 Å². The second kappa shape index (κ2) is 16.2. The van der Waals surface area contributed by atoms with Crippen LogP contribution in [0.1, 0.15) is 58.3 Å². The number of rotatable bonds is 11. The average Bonchev–Trinajstić information content (AvgIpc) is 2.29. The van der Waals surface area contributed by atoms with Crippen LogP contribution in [0.25, 0.3) is 0 Å². The maximum Gasteiger partial charge on any atom is 0.394 e. The first kappa shape index (κ1) is 21.5. The monoisotopic (exact) mass is 315 g/mol. The van der Waals surface area contributed by atoms with Gasteiger partial charge in [-0.3, -0.25) is 9.11 Å². The Morgan fingerprint density at radius 3 is 1.74 bits per heavy atom. The van der Waals surface area contributed by atoms with E-state index in [-0.39, 0.29) is 0 Å². The highest BCUT2D eigenvalue weighted by atomic mass is 32.3. The number of hydrogen-bond donors (Lipinski definition) is 4. The van der Waals surface area contributed by atoms with E-state index in [2.05, 4.69) is 24.9 Å². The predicted octanol–water partition coefficient (Wildman–Crippen LogP) is 2.99. The normalized spacial score (nSPS) is 10.9. The van der Waals surface area contributed by atoms with E-state index < -0.39 is 10.4 Å². The zero-order valence-electron chi connectivity index (χ0n) is 11.8. The molecule has 0 saturated heterocycles. The molecule has 0 unspecified atom stereocenters. The molecule has 0 rings (SSSR count). The topological polar surface area (TPSA) is 86.6 Å². The van der Waals surface area contributed by atoms with Crippen molar-refractivity contribution in [2.24, 2.45) is 0 Å². The Morgan fingerprint density at radius 2 is 1.32 bits per heavy atom. The molecule has 0 fully saturated rings. The number of thiol groups is 1. The summed E-state index contributed by atoms with van der Waals surface area (Å²) in [5, 5.41) is 3.37. The van der Waals surface area contributed by atoms with Gasteiger partial charge in [-0.2, -0.15) is 21.0 Å². The molecule has 0 aromatic heterocycles. The minimum absolute atomic E-state index is 0.955. The van der Waals surface area contributed by atoms with Crippen LogP contribution in [0.2, 0.25) is 0 Å². The molecule has 0 heterocycles. The van der Waals surface area contributed by atoms with Crippen molar-refractivity contribution in [1.29, 1.82) is 0 Å². The van der Waals surface area contributed by atoms with Gasteiger partial charge in [-0.25, -0.2) is 0 Å². The van der Waals surface area contributed by atoms with E-state index in [4.69, 9.17) is 17.5 Å². The second-order valence-corrected chi connectivity index (χ2v) is 5.74. The molecule has 0 saturated carbocycles. The lowest BCUT2D eigenvalue weighted by Gasteiger charge is -2.02. The van der Waals surface area contributed by atoms with E-state index in [1.165, 1.54) is 57.9 Å². The van der Waals surface area contributed by atoms with Gasteiger partial charge in [0.1, 0.15) is 0 Å². The lowest BCUT2D eigenvalue weighted by atomic mass is 10.1. The zero-order valence-corrected chi connectivity index (χ0v) is 13.6. The van der Waals surface area contributed by atoms with E-state index >= 15 is 0 Å². The van der Waals surface area contributed by atoms with E-state index in [1.807, 2.05) is 0 Å². The van der Waals surface area contributed by atoms with Crippen molar-refractivity contribution in [3.63, 3.8) is 0 Å². The summed E-state index contributed by atoms with van der Waals surface area (Å²) >= 11 is 4.15. The van der Waals surface area contributed by atoms with Gasteiger partial charge in [0.15, 0.2) is 0 Å². The van der Waals surface area contributed by atoms with Crippen molar-refractivity contribution in [3.8, 4) is 0 Å². The maximum atomic E-state index is 8.74. The van der Waals surface area contributed by atoms with Gasteiger partial charge in [0.25, 0.3) is 0 Å². The van der Waals surface area contributed by atoms with Crippen molar-refractivity contribution in [2.75, 3.05) is 18.8 Å². The van der Waals surface area contributed by atoms with Gasteiger partial charge < -0.3 is 5.32 Å². The Hall–Kier alpha value is 0.180. The van der Waals surface area contributed by atoms with Crippen LogP contribution in [0.3, 0.4) is 0 Å². The van der Waals surface area contributed by atoms with Gasteiger partial charge in [-0.05, 0) is 13.0 Å². The summed E-state index contributed by atoms with van der Waals surface area (Å²) in [6.45, 7) is 4.50. The predicted molar refractivity (Wildman–Crippen MR) is 83.5 cm³/mol. The highest BCUT2D eigenvalue weighted by Crippen LogP contribution is 2.07. The molecule has 5 nitrogen and oxygen atoms in total. The van der Waals surface area contributed by atoms with Crippen molar-refractivity contribution >= 4 is 23.0 Å². The molecule has 0 bridgehead atoms. The summed E-state index contributed by atoms with van der Waals surface area (Å²) in [6.07, 6.45) is 11.2. The highest BCUT2D eigenvalue weighted by Gasteiger charge is 1.91. The second-order valence-electron chi connectivity index (χ2n) is 4.40. The SMILES string of the molecule is CCCCCCCCCCNCCS.O=S(=O)(O)O. The Kier molecular flexibility index (Phi) is 18.4. The standard InChI is InChI=1S/C12H27NS.H2O4S/c1-2-3-4-5-6-7-8-9-10-13-11-12-14;1-5(2,3)4/h13-14H,2-12H2,1H3;(H2,1,2,3,4). The van der Waals surface area contributed by atoms with Crippen LogP contribution in [-0.2, 0) is 10.4 Å². The lowest BCUT2D eigenvalue weighted by Crippen LogP contribution is -2.17. The first-order chi connectivity index (χ1) is 8.91. The number of unbranched alkanes of at least 4 members (excludes halogenated alkanes) is 7. The molecule has 3 N–H and O–H groups in total.